The zero-order chi connectivity index (χ0) is 21.3. The number of nitrogens with two attached hydrogens (primary N) is 1. The summed E-state index contributed by atoms with van der Waals surface area (Å²) < 4.78 is 6.36. The molecular weight excluding hydrogens is 390 g/mol. The molecule has 150 valence electrons. The van der Waals surface area contributed by atoms with Crippen molar-refractivity contribution < 1.29 is 14.3 Å². The predicted molar refractivity (Wildman–Crippen MR) is 107 cm³/mol. The second kappa shape index (κ2) is 7.59. The van der Waals surface area contributed by atoms with Gasteiger partial charge in [0.15, 0.2) is 11.5 Å². The smallest absolute Gasteiger partial charge is 0.359 e. The molecule has 4 aromatic rings. The molecule has 2 heterocycles. The van der Waals surface area contributed by atoms with Crippen LogP contribution in [0.2, 0.25) is 0 Å². The summed E-state index contributed by atoms with van der Waals surface area (Å²) in [5.41, 5.74) is 4.64. The molecule has 0 aliphatic carbocycles. The number of aromatic nitrogens is 4. The lowest BCUT2D eigenvalue weighted by Crippen LogP contribution is -2.32. The van der Waals surface area contributed by atoms with Crippen molar-refractivity contribution in [2.75, 3.05) is 0 Å². The topological polar surface area (TPSA) is 150 Å². The molecule has 2 aromatic heterocycles. The number of hydrogen-bond donors (Lipinski definition) is 2. The van der Waals surface area contributed by atoms with Gasteiger partial charge >= 0.3 is 5.97 Å². The van der Waals surface area contributed by atoms with E-state index < -0.39 is 36.1 Å². The van der Waals surface area contributed by atoms with Crippen LogP contribution < -0.4 is 16.9 Å². The minimum atomic E-state index is -0.824. The molecule has 0 fully saturated rings. The summed E-state index contributed by atoms with van der Waals surface area (Å²) in [5, 5.41) is 6.96. The quantitative estimate of drug-likeness (QED) is 0.458. The summed E-state index contributed by atoms with van der Waals surface area (Å²) in [6.45, 7) is -0.815. The third-order valence-corrected chi connectivity index (χ3v) is 4.48. The zero-order valence-electron chi connectivity index (χ0n) is 15.5. The van der Waals surface area contributed by atoms with E-state index in [1.807, 2.05) is 0 Å². The summed E-state index contributed by atoms with van der Waals surface area (Å²) in [5.74, 6) is -1.51. The number of primary amides is 1. The van der Waals surface area contributed by atoms with E-state index >= 15 is 0 Å². The number of para-hydroxylation sites is 1. The Kier molecular flexibility index (Phi) is 4.80. The second-order valence-electron chi connectivity index (χ2n) is 6.43. The summed E-state index contributed by atoms with van der Waals surface area (Å²) in [7, 11) is 0. The number of fused-ring (bicyclic) bond motifs is 2. The number of ether oxygens (including phenoxy) is 1. The van der Waals surface area contributed by atoms with Crippen molar-refractivity contribution in [3.8, 4) is 0 Å². The highest BCUT2D eigenvalue weighted by Crippen LogP contribution is 2.14. The molecular formula is C20H15N5O5. The number of esters is 1. The number of nitrogens with zero attached hydrogens (tertiary/aromatic N) is 3. The fourth-order valence-corrected chi connectivity index (χ4v) is 3.11. The molecule has 4 rings (SSSR count). The zero-order valence-corrected chi connectivity index (χ0v) is 15.5. The number of H-pyrrole nitrogens is 1. The third kappa shape index (κ3) is 3.41. The SMILES string of the molecule is NC(=O)Cn1c(COC(=O)c2n[nH]c(=O)c3ccccc23)nc2ccccc2c1=O. The molecule has 0 spiro atoms. The molecule has 0 bridgehead atoms. The van der Waals surface area contributed by atoms with Crippen LogP contribution in [0.15, 0.2) is 58.1 Å². The van der Waals surface area contributed by atoms with Crippen molar-refractivity contribution in [2.24, 2.45) is 5.73 Å². The molecule has 0 radical (unpaired) electrons. The van der Waals surface area contributed by atoms with Gasteiger partial charge in [0.05, 0.1) is 16.3 Å². The number of carbonyl (C=O) groups excluding carboxylic acids is 2. The summed E-state index contributed by atoms with van der Waals surface area (Å²) in [6.07, 6.45) is 0. The van der Waals surface area contributed by atoms with Crippen LogP contribution in [0.4, 0.5) is 0 Å². The summed E-state index contributed by atoms with van der Waals surface area (Å²) >= 11 is 0. The largest absolute Gasteiger partial charge is 0.453 e. The fourth-order valence-electron chi connectivity index (χ4n) is 3.11. The van der Waals surface area contributed by atoms with E-state index in [9.17, 15) is 19.2 Å². The monoisotopic (exact) mass is 405 g/mol. The minimum Gasteiger partial charge on any atom is -0.453 e. The van der Waals surface area contributed by atoms with Crippen molar-refractivity contribution in [3.63, 3.8) is 0 Å². The Morgan fingerprint density at radius 1 is 1.00 bits per heavy atom. The number of aromatic amines is 1. The number of hydrogen-bond acceptors (Lipinski definition) is 7. The van der Waals surface area contributed by atoms with Gasteiger partial charge in [-0.15, -0.1) is 0 Å². The lowest BCUT2D eigenvalue weighted by molar-refractivity contribution is -0.118. The highest BCUT2D eigenvalue weighted by molar-refractivity contribution is 6.01. The lowest BCUT2D eigenvalue weighted by atomic mass is 10.1. The van der Waals surface area contributed by atoms with Gasteiger partial charge < -0.3 is 10.5 Å². The van der Waals surface area contributed by atoms with E-state index in [1.54, 1.807) is 48.5 Å². The molecule has 2 aromatic carbocycles. The van der Waals surface area contributed by atoms with Crippen LogP contribution in [0.3, 0.4) is 0 Å². The molecule has 0 saturated carbocycles. The molecule has 10 heteroatoms. The van der Waals surface area contributed by atoms with Crippen molar-refractivity contribution in [1.82, 2.24) is 19.7 Å². The maximum atomic E-state index is 12.7. The molecule has 30 heavy (non-hydrogen) atoms. The highest BCUT2D eigenvalue weighted by Gasteiger charge is 2.18. The second-order valence-corrected chi connectivity index (χ2v) is 6.43. The number of amides is 1. The van der Waals surface area contributed by atoms with Gasteiger partial charge in [0.25, 0.3) is 11.1 Å². The van der Waals surface area contributed by atoms with Gasteiger partial charge in [-0.25, -0.2) is 14.9 Å². The Morgan fingerprint density at radius 3 is 2.40 bits per heavy atom. The first-order chi connectivity index (χ1) is 14.5. The molecule has 0 atom stereocenters. The van der Waals surface area contributed by atoms with Crippen molar-refractivity contribution in [2.45, 2.75) is 13.2 Å². The minimum absolute atomic E-state index is 0.0552. The van der Waals surface area contributed by atoms with E-state index in [4.69, 9.17) is 10.5 Å². The Hall–Kier alpha value is -4.34. The number of nitrogens with one attached hydrogen (secondary N) is 1. The van der Waals surface area contributed by atoms with Crippen molar-refractivity contribution >= 4 is 33.6 Å². The van der Waals surface area contributed by atoms with Gasteiger partial charge in [-0.1, -0.05) is 30.3 Å². The molecule has 1 amide bonds. The number of rotatable bonds is 5. The van der Waals surface area contributed by atoms with Crippen molar-refractivity contribution in [1.29, 1.82) is 0 Å². The van der Waals surface area contributed by atoms with Gasteiger partial charge in [0.2, 0.25) is 5.91 Å². The Labute approximate surface area is 167 Å². The predicted octanol–water partition coefficient (Wildman–Crippen LogP) is 0.475. The van der Waals surface area contributed by atoms with Gasteiger partial charge in [-0.3, -0.25) is 19.0 Å². The van der Waals surface area contributed by atoms with Crippen LogP contribution in [0.25, 0.3) is 21.7 Å². The Morgan fingerprint density at radius 2 is 1.67 bits per heavy atom. The average Bonchev–Trinajstić information content (AvgIpc) is 2.74. The first kappa shape index (κ1) is 19.0. The van der Waals surface area contributed by atoms with Gasteiger partial charge in [-0.2, -0.15) is 5.10 Å². The third-order valence-electron chi connectivity index (χ3n) is 4.48. The summed E-state index contributed by atoms with van der Waals surface area (Å²) in [6, 6.07) is 13.0. The molecule has 10 nitrogen and oxygen atoms in total. The summed E-state index contributed by atoms with van der Waals surface area (Å²) in [4.78, 5) is 53.0. The first-order valence-corrected chi connectivity index (χ1v) is 8.87. The van der Waals surface area contributed by atoms with Gasteiger partial charge in [0, 0.05) is 5.39 Å². The van der Waals surface area contributed by atoms with Gasteiger partial charge in [-0.05, 0) is 18.2 Å². The Bertz CT molecular complexity index is 1420. The molecule has 3 N–H and O–H groups in total. The normalized spacial score (nSPS) is 10.9. The van der Waals surface area contributed by atoms with E-state index in [0.717, 1.165) is 4.57 Å². The fraction of sp³-hybridized carbons (Fsp3) is 0.100. The maximum absolute atomic E-state index is 12.7. The van der Waals surface area contributed by atoms with Crippen LogP contribution >= 0.6 is 0 Å². The van der Waals surface area contributed by atoms with Crippen LogP contribution in [-0.2, 0) is 22.7 Å². The molecule has 0 aliphatic heterocycles. The van der Waals surface area contributed by atoms with Crippen LogP contribution in [0.5, 0.6) is 0 Å². The standard InChI is InChI=1S/C20H15N5O5/c21-15(26)9-25-16(22-14-8-4-3-7-13(14)19(25)28)10-30-20(29)17-11-5-1-2-6-12(11)18(27)24-23-17/h1-8H,9-10H2,(H2,21,26)(H,24,27). The lowest BCUT2D eigenvalue weighted by Gasteiger charge is -2.12. The van der Waals surface area contributed by atoms with Crippen LogP contribution in [-0.4, -0.2) is 31.6 Å². The van der Waals surface area contributed by atoms with Crippen LogP contribution in [0, 0.1) is 0 Å². The average molecular weight is 405 g/mol. The van der Waals surface area contributed by atoms with E-state index in [0.29, 0.717) is 16.3 Å². The van der Waals surface area contributed by atoms with Gasteiger partial charge in [0.1, 0.15) is 13.2 Å². The maximum Gasteiger partial charge on any atom is 0.359 e. The van der Waals surface area contributed by atoms with Crippen LogP contribution in [0.1, 0.15) is 16.3 Å². The van der Waals surface area contributed by atoms with Crippen molar-refractivity contribution in [3.05, 3.63) is 80.8 Å². The van der Waals surface area contributed by atoms with E-state index in [-0.39, 0.29) is 16.9 Å². The molecule has 0 aliphatic rings. The number of benzene rings is 2. The highest BCUT2D eigenvalue weighted by atomic mass is 16.5. The van der Waals surface area contributed by atoms with E-state index in [2.05, 4.69) is 15.2 Å². The first-order valence-electron chi connectivity index (χ1n) is 8.87. The Balaban J connectivity index is 1.71. The number of carbonyl (C=O) groups is 2. The molecule has 0 unspecified atom stereocenters. The van der Waals surface area contributed by atoms with E-state index in [1.165, 1.54) is 0 Å². The molecule has 0 saturated heterocycles.